The van der Waals surface area contributed by atoms with Crippen molar-refractivity contribution in [3.05, 3.63) is 16.4 Å². The number of hydrogen-bond acceptors (Lipinski definition) is 4. The van der Waals surface area contributed by atoms with Gasteiger partial charge in [0.25, 0.3) is 0 Å². The maximum Gasteiger partial charge on any atom is 0.175 e. The predicted molar refractivity (Wildman–Crippen MR) is 73.3 cm³/mol. The van der Waals surface area contributed by atoms with Crippen LogP contribution in [-0.2, 0) is 0 Å². The van der Waals surface area contributed by atoms with Crippen molar-refractivity contribution in [1.29, 1.82) is 0 Å². The summed E-state index contributed by atoms with van der Waals surface area (Å²) in [5.41, 5.74) is 0.929. The lowest BCUT2D eigenvalue weighted by atomic mass is 9.93. The van der Waals surface area contributed by atoms with Crippen molar-refractivity contribution >= 4 is 28.9 Å². The van der Waals surface area contributed by atoms with Crippen molar-refractivity contribution in [1.82, 2.24) is 15.5 Å². The smallest absolute Gasteiger partial charge is 0.175 e. The van der Waals surface area contributed by atoms with Gasteiger partial charge in [0.15, 0.2) is 10.3 Å². The van der Waals surface area contributed by atoms with E-state index in [2.05, 4.69) is 27.3 Å². The van der Waals surface area contributed by atoms with Gasteiger partial charge in [-0.1, -0.05) is 30.1 Å². The molecule has 6 heteroatoms. The first-order valence-corrected chi connectivity index (χ1v) is 7.12. The first kappa shape index (κ1) is 12.5. The highest BCUT2D eigenvalue weighted by Gasteiger charge is 2.43. The molecule has 1 N–H and O–H groups in total. The fourth-order valence-corrected chi connectivity index (χ4v) is 3.71. The van der Waals surface area contributed by atoms with E-state index < -0.39 is 0 Å². The SMILES string of the molecule is CCC1C2CNCC2CN1c1cc(Cl)nnc1Cl. The average Bonchev–Trinajstić information content (AvgIpc) is 2.91. The van der Waals surface area contributed by atoms with Crippen LogP contribution in [0.4, 0.5) is 5.69 Å². The summed E-state index contributed by atoms with van der Waals surface area (Å²) < 4.78 is 0. The maximum atomic E-state index is 6.17. The normalized spacial score (nSPS) is 30.8. The van der Waals surface area contributed by atoms with Gasteiger partial charge in [0.05, 0.1) is 5.69 Å². The molecular formula is C12H16Cl2N4. The van der Waals surface area contributed by atoms with Crippen LogP contribution in [0.2, 0.25) is 10.3 Å². The molecule has 3 unspecified atom stereocenters. The van der Waals surface area contributed by atoms with E-state index >= 15 is 0 Å². The second-order valence-electron chi connectivity index (χ2n) is 5.05. The second-order valence-corrected chi connectivity index (χ2v) is 5.80. The van der Waals surface area contributed by atoms with E-state index in [9.17, 15) is 0 Å². The van der Waals surface area contributed by atoms with E-state index in [1.54, 1.807) is 0 Å². The van der Waals surface area contributed by atoms with Crippen LogP contribution in [0.1, 0.15) is 13.3 Å². The number of nitrogens with zero attached hydrogens (tertiary/aromatic N) is 3. The molecule has 2 fully saturated rings. The summed E-state index contributed by atoms with van der Waals surface area (Å²) in [7, 11) is 0. The molecule has 0 saturated carbocycles. The summed E-state index contributed by atoms with van der Waals surface area (Å²) in [5, 5.41) is 12.0. The molecule has 3 atom stereocenters. The second kappa shape index (κ2) is 4.83. The topological polar surface area (TPSA) is 41.0 Å². The number of aromatic nitrogens is 2. The van der Waals surface area contributed by atoms with Gasteiger partial charge in [-0.05, 0) is 18.3 Å². The maximum absolute atomic E-state index is 6.17. The molecule has 1 aromatic heterocycles. The van der Waals surface area contributed by atoms with Gasteiger partial charge in [-0.25, -0.2) is 0 Å². The van der Waals surface area contributed by atoms with Gasteiger partial charge >= 0.3 is 0 Å². The lowest BCUT2D eigenvalue weighted by Gasteiger charge is -2.29. The highest BCUT2D eigenvalue weighted by molar-refractivity contribution is 6.33. The van der Waals surface area contributed by atoms with E-state index in [1.165, 1.54) is 0 Å². The van der Waals surface area contributed by atoms with E-state index in [0.717, 1.165) is 31.7 Å². The Balaban J connectivity index is 1.94. The minimum absolute atomic E-state index is 0.402. The molecule has 0 aliphatic carbocycles. The monoisotopic (exact) mass is 286 g/mol. The first-order chi connectivity index (χ1) is 8.70. The third-order valence-electron chi connectivity index (χ3n) is 4.15. The third-order valence-corrected chi connectivity index (χ3v) is 4.60. The quantitative estimate of drug-likeness (QED) is 0.905. The summed E-state index contributed by atoms with van der Waals surface area (Å²) in [6.45, 7) is 5.45. The van der Waals surface area contributed by atoms with Gasteiger partial charge in [0, 0.05) is 31.7 Å². The molecule has 2 aliphatic rings. The molecule has 2 saturated heterocycles. The highest BCUT2D eigenvalue weighted by Crippen LogP contribution is 2.39. The fraction of sp³-hybridized carbons (Fsp3) is 0.667. The van der Waals surface area contributed by atoms with Crippen LogP contribution >= 0.6 is 23.2 Å². The minimum Gasteiger partial charge on any atom is -0.365 e. The number of anilines is 1. The Morgan fingerprint density at radius 3 is 3.00 bits per heavy atom. The number of halogens is 2. The van der Waals surface area contributed by atoms with Gasteiger partial charge in [-0.15, -0.1) is 10.2 Å². The molecule has 0 spiro atoms. The standard InChI is InChI=1S/C12H16Cl2N4/c1-2-9-8-5-15-4-7(8)6-18(9)10-3-11(13)16-17-12(10)14/h3,7-9,15H,2,4-6H2,1H3. The average molecular weight is 287 g/mol. The summed E-state index contributed by atoms with van der Waals surface area (Å²) >= 11 is 12.1. The molecule has 4 nitrogen and oxygen atoms in total. The lowest BCUT2D eigenvalue weighted by Crippen LogP contribution is -2.35. The number of nitrogens with one attached hydrogen (secondary N) is 1. The molecule has 18 heavy (non-hydrogen) atoms. The van der Waals surface area contributed by atoms with Gasteiger partial charge in [0.2, 0.25) is 0 Å². The summed E-state index contributed by atoms with van der Waals surface area (Å²) in [6.07, 6.45) is 1.11. The van der Waals surface area contributed by atoms with Gasteiger partial charge in [0.1, 0.15) is 0 Å². The Kier molecular flexibility index (Phi) is 3.34. The molecule has 0 aromatic carbocycles. The number of rotatable bonds is 2. The molecule has 1 aromatic rings. The van der Waals surface area contributed by atoms with Crippen LogP contribution < -0.4 is 10.2 Å². The lowest BCUT2D eigenvalue weighted by molar-refractivity contribution is 0.442. The van der Waals surface area contributed by atoms with Crippen LogP contribution in [-0.4, -0.2) is 35.9 Å². The molecule has 2 aliphatic heterocycles. The van der Waals surface area contributed by atoms with E-state index in [0.29, 0.717) is 28.2 Å². The molecule has 98 valence electrons. The summed E-state index contributed by atoms with van der Waals surface area (Å²) in [5.74, 6) is 1.41. The zero-order valence-corrected chi connectivity index (χ0v) is 11.7. The van der Waals surface area contributed by atoms with E-state index in [-0.39, 0.29) is 0 Å². The van der Waals surface area contributed by atoms with Crippen LogP contribution in [0.3, 0.4) is 0 Å². The molecule has 0 bridgehead atoms. The fourth-order valence-electron chi connectivity index (χ4n) is 3.37. The Morgan fingerprint density at radius 1 is 1.39 bits per heavy atom. The summed E-state index contributed by atoms with van der Waals surface area (Å²) in [4.78, 5) is 2.36. The van der Waals surface area contributed by atoms with Gasteiger partial charge in [-0.2, -0.15) is 0 Å². The van der Waals surface area contributed by atoms with Crippen molar-refractivity contribution in [2.45, 2.75) is 19.4 Å². The van der Waals surface area contributed by atoms with Crippen LogP contribution in [0.5, 0.6) is 0 Å². The highest BCUT2D eigenvalue weighted by atomic mass is 35.5. The van der Waals surface area contributed by atoms with Crippen molar-refractivity contribution in [2.75, 3.05) is 24.5 Å². The van der Waals surface area contributed by atoms with E-state index in [4.69, 9.17) is 23.2 Å². The molecule has 0 amide bonds. The van der Waals surface area contributed by atoms with Crippen LogP contribution in [0, 0.1) is 11.8 Å². The Hall–Kier alpha value is -0.580. The Bertz CT molecular complexity index is 454. The van der Waals surface area contributed by atoms with Gasteiger partial charge < -0.3 is 10.2 Å². The van der Waals surface area contributed by atoms with Crippen molar-refractivity contribution in [3.8, 4) is 0 Å². The molecule has 0 radical (unpaired) electrons. The molecule has 3 heterocycles. The predicted octanol–water partition coefficient (Wildman–Crippen LogP) is 2.22. The van der Waals surface area contributed by atoms with E-state index in [1.807, 2.05) is 6.07 Å². The van der Waals surface area contributed by atoms with Crippen molar-refractivity contribution in [3.63, 3.8) is 0 Å². The number of hydrogen-bond donors (Lipinski definition) is 1. The first-order valence-electron chi connectivity index (χ1n) is 6.36. The Morgan fingerprint density at radius 2 is 2.22 bits per heavy atom. The zero-order valence-electron chi connectivity index (χ0n) is 10.2. The number of fused-ring (bicyclic) bond motifs is 1. The van der Waals surface area contributed by atoms with Crippen LogP contribution in [0.15, 0.2) is 6.07 Å². The minimum atomic E-state index is 0.402. The molecule has 3 rings (SSSR count). The molecular weight excluding hydrogens is 271 g/mol. The van der Waals surface area contributed by atoms with Crippen molar-refractivity contribution in [2.24, 2.45) is 11.8 Å². The van der Waals surface area contributed by atoms with Crippen LogP contribution in [0.25, 0.3) is 0 Å². The summed E-state index contributed by atoms with van der Waals surface area (Å²) in [6, 6.07) is 2.34. The Labute approximate surface area is 117 Å². The van der Waals surface area contributed by atoms with Crippen molar-refractivity contribution < 1.29 is 0 Å². The van der Waals surface area contributed by atoms with Gasteiger partial charge in [-0.3, -0.25) is 0 Å². The largest absolute Gasteiger partial charge is 0.365 e. The third kappa shape index (κ3) is 1.96. The zero-order chi connectivity index (χ0) is 12.7.